The largest absolute Gasteiger partial charge is 0.507 e. The van der Waals surface area contributed by atoms with Crippen molar-refractivity contribution in [2.75, 3.05) is 5.88 Å². The molecule has 0 aliphatic carbocycles. The molecule has 0 spiro atoms. The van der Waals surface area contributed by atoms with Crippen molar-refractivity contribution in [2.45, 2.75) is 19.9 Å². The van der Waals surface area contributed by atoms with Gasteiger partial charge in [-0.25, -0.2) is 4.39 Å². The Hall–Kier alpha value is -1.29. The molecule has 1 aromatic carbocycles. The first-order valence-corrected chi connectivity index (χ1v) is 5.84. The maximum Gasteiger partial charge on any atom is 0.255 e. The van der Waals surface area contributed by atoms with Crippen LogP contribution in [-0.4, -0.2) is 22.9 Å². The molecule has 3 nitrogen and oxygen atoms in total. The van der Waals surface area contributed by atoms with Crippen molar-refractivity contribution >= 4 is 17.5 Å². The highest BCUT2D eigenvalue weighted by Crippen LogP contribution is 2.18. The number of halogens is 2. The monoisotopic (exact) mass is 259 g/mol. The van der Waals surface area contributed by atoms with Crippen LogP contribution in [0.4, 0.5) is 4.39 Å². The molecule has 1 amide bonds. The van der Waals surface area contributed by atoms with E-state index in [0.717, 1.165) is 12.1 Å². The van der Waals surface area contributed by atoms with Crippen molar-refractivity contribution in [3.63, 3.8) is 0 Å². The van der Waals surface area contributed by atoms with Gasteiger partial charge >= 0.3 is 0 Å². The van der Waals surface area contributed by atoms with E-state index in [4.69, 9.17) is 11.6 Å². The summed E-state index contributed by atoms with van der Waals surface area (Å²) in [6.45, 7) is 3.86. The van der Waals surface area contributed by atoms with E-state index in [0.29, 0.717) is 0 Å². The Labute approximate surface area is 105 Å². The van der Waals surface area contributed by atoms with Gasteiger partial charge in [-0.2, -0.15) is 0 Å². The third kappa shape index (κ3) is 3.60. The van der Waals surface area contributed by atoms with Gasteiger partial charge in [0.25, 0.3) is 5.91 Å². The van der Waals surface area contributed by atoms with Gasteiger partial charge in [-0.3, -0.25) is 4.79 Å². The number of phenolic OH excluding ortho intramolecular Hbond substituents is 1. The van der Waals surface area contributed by atoms with Crippen molar-refractivity contribution in [1.29, 1.82) is 0 Å². The molecular weight excluding hydrogens is 245 g/mol. The molecule has 0 aliphatic rings. The number of nitrogens with one attached hydrogen (secondary N) is 1. The van der Waals surface area contributed by atoms with Crippen LogP contribution in [-0.2, 0) is 0 Å². The lowest BCUT2D eigenvalue weighted by Gasteiger charge is -2.19. The molecule has 5 heteroatoms. The van der Waals surface area contributed by atoms with E-state index in [1.807, 2.05) is 13.8 Å². The van der Waals surface area contributed by atoms with E-state index in [1.54, 1.807) is 0 Å². The summed E-state index contributed by atoms with van der Waals surface area (Å²) in [5.41, 5.74) is 0.0437. The van der Waals surface area contributed by atoms with E-state index >= 15 is 0 Å². The number of alkyl halides is 1. The topological polar surface area (TPSA) is 49.3 Å². The molecule has 1 aromatic rings. The fourth-order valence-corrected chi connectivity index (χ4v) is 1.76. The van der Waals surface area contributed by atoms with Crippen molar-refractivity contribution in [3.05, 3.63) is 29.6 Å². The molecule has 0 saturated heterocycles. The summed E-state index contributed by atoms with van der Waals surface area (Å²) in [7, 11) is 0. The molecule has 1 rings (SSSR count). The number of carbonyl (C=O) groups excluding carboxylic acids is 1. The lowest BCUT2D eigenvalue weighted by Crippen LogP contribution is -2.39. The molecule has 0 radical (unpaired) electrons. The van der Waals surface area contributed by atoms with E-state index in [-0.39, 0.29) is 29.2 Å². The van der Waals surface area contributed by atoms with Crippen LogP contribution in [0.1, 0.15) is 24.2 Å². The van der Waals surface area contributed by atoms with Crippen LogP contribution >= 0.6 is 11.6 Å². The lowest BCUT2D eigenvalue weighted by atomic mass is 10.1. The minimum Gasteiger partial charge on any atom is -0.507 e. The minimum atomic E-state index is -0.586. The average Bonchev–Trinajstić information content (AvgIpc) is 2.24. The van der Waals surface area contributed by atoms with Crippen LogP contribution in [0.15, 0.2) is 18.2 Å². The van der Waals surface area contributed by atoms with Gasteiger partial charge in [0.15, 0.2) is 0 Å². The number of carbonyl (C=O) groups is 1. The van der Waals surface area contributed by atoms with E-state index < -0.39 is 11.7 Å². The summed E-state index contributed by atoms with van der Waals surface area (Å²) in [4.78, 5) is 11.8. The number of benzene rings is 1. The molecule has 17 heavy (non-hydrogen) atoms. The predicted octanol–water partition coefficient (Wildman–Crippen LogP) is 2.52. The van der Waals surface area contributed by atoms with Crippen molar-refractivity contribution in [1.82, 2.24) is 5.32 Å². The fourth-order valence-electron chi connectivity index (χ4n) is 1.33. The van der Waals surface area contributed by atoms with Crippen molar-refractivity contribution in [3.8, 4) is 5.75 Å². The smallest absolute Gasteiger partial charge is 0.255 e. The second-order valence-electron chi connectivity index (χ2n) is 4.14. The van der Waals surface area contributed by atoms with Crippen LogP contribution in [0, 0.1) is 11.7 Å². The SMILES string of the molecule is CC(C)C(CCl)NC(=O)c1ccc(F)cc1O. The molecule has 0 aromatic heterocycles. The summed E-state index contributed by atoms with van der Waals surface area (Å²) in [5.74, 6) is -0.956. The zero-order valence-electron chi connectivity index (χ0n) is 9.71. The maximum absolute atomic E-state index is 12.8. The molecule has 1 unspecified atom stereocenters. The minimum absolute atomic E-state index is 0.0437. The van der Waals surface area contributed by atoms with Gasteiger partial charge in [0.2, 0.25) is 0 Å². The zero-order chi connectivity index (χ0) is 13.0. The fraction of sp³-hybridized carbons (Fsp3) is 0.417. The Morgan fingerprint density at radius 3 is 2.65 bits per heavy atom. The number of rotatable bonds is 4. The molecule has 1 atom stereocenters. The summed E-state index contributed by atoms with van der Waals surface area (Å²) >= 11 is 5.72. The Bertz CT molecular complexity index is 409. The molecule has 0 heterocycles. The quantitative estimate of drug-likeness (QED) is 0.817. The normalized spacial score (nSPS) is 12.5. The van der Waals surface area contributed by atoms with Gasteiger partial charge in [0.1, 0.15) is 11.6 Å². The third-order valence-corrected chi connectivity index (χ3v) is 2.82. The second-order valence-corrected chi connectivity index (χ2v) is 4.45. The number of aromatic hydroxyl groups is 1. The molecule has 0 saturated carbocycles. The van der Waals surface area contributed by atoms with Gasteiger partial charge in [-0.05, 0) is 18.1 Å². The van der Waals surface area contributed by atoms with Gasteiger partial charge in [-0.15, -0.1) is 11.6 Å². The Kier molecular flexibility index (Phi) is 4.75. The van der Waals surface area contributed by atoms with Crippen LogP contribution < -0.4 is 5.32 Å². The summed E-state index contributed by atoms with van der Waals surface area (Å²) < 4.78 is 12.8. The lowest BCUT2D eigenvalue weighted by molar-refractivity contribution is 0.0928. The number of hydrogen-bond donors (Lipinski definition) is 2. The number of amides is 1. The first-order valence-electron chi connectivity index (χ1n) is 5.31. The molecule has 0 aliphatic heterocycles. The molecule has 2 N–H and O–H groups in total. The number of phenols is 1. The highest BCUT2D eigenvalue weighted by Gasteiger charge is 2.18. The summed E-state index contributed by atoms with van der Waals surface area (Å²) in [6.07, 6.45) is 0. The second kappa shape index (κ2) is 5.87. The Morgan fingerprint density at radius 2 is 2.18 bits per heavy atom. The number of hydrogen-bond acceptors (Lipinski definition) is 2. The Balaban J connectivity index is 2.82. The molecule has 94 valence electrons. The first kappa shape index (κ1) is 13.8. The first-order chi connectivity index (χ1) is 7.95. The highest BCUT2D eigenvalue weighted by atomic mass is 35.5. The van der Waals surface area contributed by atoms with E-state index in [9.17, 15) is 14.3 Å². The molecule has 0 bridgehead atoms. The summed E-state index contributed by atoms with van der Waals surface area (Å²) in [6, 6.07) is 3.08. The van der Waals surface area contributed by atoms with Gasteiger partial charge < -0.3 is 10.4 Å². The van der Waals surface area contributed by atoms with E-state index in [1.165, 1.54) is 6.07 Å². The van der Waals surface area contributed by atoms with Gasteiger partial charge in [-0.1, -0.05) is 13.8 Å². The molecular formula is C12H15ClFNO2. The van der Waals surface area contributed by atoms with Crippen LogP contribution in [0.3, 0.4) is 0 Å². The maximum atomic E-state index is 12.8. The van der Waals surface area contributed by atoms with Crippen LogP contribution in [0.2, 0.25) is 0 Å². The third-order valence-electron chi connectivity index (χ3n) is 2.49. The van der Waals surface area contributed by atoms with Crippen LogP contribution in [0.25, 0.3) is 0 Å². The standard InChI is InChI=1S/C12H15ClFNO2/c1-7(2)10(6-13)15-12(17)9-4-3-8(14)5-11(9)16/h3-5,7,10,16H,6H2,1-2H3,(H,15,17). The van der Waals surface area contributed by atoms with Crippen LogP contribution in [0.5, 0.6) is 5.75 Å². The van der Waals surface area contributed by atoms with Gasteiger partial charge in [0.05, 0.1) is 5.56 Å². The average molecular weight is 260 g/mol. The highest BCUT2D eigenvalue weighted by molar-refractivity contribution is 6.18. The van der Waals surface area contributed by atoms with Crippen molar-refractivity contribution < 1.29 is 14.3 Å². The zero-order valence-corrected chi connectivity index (χ0v) is 10.5. The summed E-state index contributed by atoms with van der Waals surface area (Å²) in [5, 5.41) is 12.1. The molecule has 0 fully saturated rings. The Morgan fingerprint density at radius 1 is 1.53 bits per heavy atom. The van der Waals surface area contributed by atoms with Crippen molar-refractivity contribution in [2.24, 2.45) is 5.92 Å². The van der Waals surface area contributed by atoms with Gasteiger partial charge in [0, 0.05) is 18.0 Å². The predicted molar refractivity (Wildman–Crippen MR) is 64.9 cm³/mol. The van der Waals surface area contributed by atoms with E-state index in [2.05, 4.69) is 5.32 Å².